The van der Waals surface area contributed by atoms with Crippen LogP contribution >= 0.6 is 0 Å². The quantitative estimate of drug-likeness (QED) is 0.390. The summed E-state index contributed by atoms with van der Waals surface area (Å²) in [7, 11) is 3.94. The molecule has 0 fully saturated rings. The molecule has 5 rings (SSSR count). The van der Waals surface area contributed by atoms with Crippen molar-refractivity contribution in [1.82, 2.24) is 0 Å². The minimum atomic E-state index is 0.200. The van der Waals surface area contributed by atoms with Crippen molar-refractivity contribution in [2.75, 3.05) is 0 Å². The van der Waals surface area contributed by atoms with Gasteiger partial charge < -0.3 is 0 Å². The number of hydrogen-bond acceptors (Lipinski definition) is 1. The summed E-state index contributed by atoms with van der Waals surface area (Å²) >= 11 is 0. The van der Waals surface area contributed by atoms with Crippen LogP contribution in [0.15, 0.2) is 87.6 Å². The summed E-state index contributed by atoms with van der Waals surface area (Å²) in [5.41, 5.74) is 15.4. The Morgan fingerprint density at radius 2 is 1.66 bits per heavy atom. The SMILES string of the molecule is CCC1=NC2=CC=C(C)C2=C1C.CCCC1=Cc2c(-c3ccc(C(C)(C)C)cc3)cccc2C1[Si]. The van der Waals surface area contributed by atoms with Gasteiger partial charge in [-0.2, -0.15) is 0 Å². The van der Waals surface area contributed by atoms with E-state index in [1.165, 1.54) is 67.9 Å². The molecule has 3 radical (unpaired) electrons. The molecule has 35 heavy (non-hydrogen) atoms. The maximum absolute atomic E-state index is 4.55. The van der Waals surface area contributed by atoms with E-state index >= 15 is 0 Å². The predicted octanol–water partition coefficient (Wildman–Crippen LogP) is 9.07. The van der Waals surface area contributed by atoms with E-state index in [1.54, 1.807) is 0 Å². The lowest BCUT2D eigenvalue weighted by molar-refractivity contribution is 0.590. The van der Waals surface area contributed by atoms with E-state index in [9.17, 15) is 0 Å². The molecule has 0 N–H and O–H groups in total. The summed E-state index contributed by atoms with van der Waals surface area (Å²) < 4.78 is 0. The lowest BCUT2D eigenvalue weighted by Crippen LogP contribution is -2.10. The monoisotopic (exact) mass is 476 g/mol. The summed E-state index contributed by atoms with van der Waals surface area (Å²) in [6.45, 7) is 15.5. The summed E-state index contributed by atoms with van der Waals surface area (Å²) in [6, 6.07) is 15.8. The van der Waals surface area contributed by atoms with Gasteiger partial charge in [0.2, 0.25) is 0 Å². The Labute approximate surface area is 215 Å². The van der Waals surface area contributed by atoms with E-state index in [1.807, 2.05) is 0 Å². The lowest BCUT2D eigenvalue weighted by Gasteiger charge is -2.19. The second kappa shape index (κ2) is 10.1. The van der Waals surface area contributed by atoms with Gasteiger partial charge in [0, 0.05) is 21.5 Å². The van der Waals surface area contributed by atoms with Crippen molar-refractivity contribution < 1.29 is 0 Å². The zero-order valence-corrected chi connectivity index (χ0v) is 23.4. The average Bonchev–Trinajstić information content (AvgIpc) is 3.47. The van der Waals surface area contributed by atoms with Crippen LogP contribution in [0.1, 0.15) is 90.0 Å². The van der Waals surface area contributed by atoms with Crippen molar-refractivity contribution in [3.8, 4) is 11.1 Å². The molecule has 0 saturated heterocycles. The molecule has 0 bridgehead atoms. The van der Waals surface area contributed by atoms with Crippen molar-refractivity contribution >= 4 is 22.0 Å². The van der Waals surface area contributed by atoms with Crippen molar-refractivity contribution in [3.05, 3.63) is 99.3 Å². The first-order valence-corrected chi connectivity index (χ1v) is 13.6. The zero-order chi connectivity index (χ0) is 25.3. The Morgan fingerprint density at radius 1 is 0.943 bits per heavy atom. The normalized spacial score (nSPS) is 18.3. The smallest absolute Gasteiger partial charge is 0.0711 e. The Balaban J connectivity index is 0.000000201. The van der Waals surface area contributed by atoms with E-state index in [2.05, 4.69) is 124 Å². The number of aliphatic imine (C=N–C) groups is 1. The molecular formula is C33H38NSi. The van der Waals surface area contributed by atoms with E-state index in [0.29, 0.717) is 5.54 Å². The maximum Gasteiger partial charge on any atom is 0.0711 e. The second-order valence-electron chi connectivity index (χ2n) is 10.9. The second-order valence-corrected chi connectivity index (χ2v) is 11.4. The van der Waals surface area contributed by atoms with Crippen LogP contribution in [0.5, 0.6) is 0 Å². The largest absolute Gasteiger partial charge is 0.253 e. The van der Waals surface area contributed by atoms with Crippen LogP contribution in [-0.4, -0.2) is 16.0 Å². The Kier molecular flexibility index (Phi) is 7.33. The fourth-order valence-electron chi connectivity index (χ4n) is 5.24. The molecule has 2 aromatic carbocycles. The lowest BCUT2D eigenvalue weighted by atomic mass is 9.86. The highest BCUT2D eigenvalue weighted by molar-refractivity contribution is 6.16. The molecule has 1 unspecified atom stereocenters. The van der Waals surface area contributed by atoms with Crippen molar-refractivity contribution in [2.24, 2.45) is 4.99 Å². The van der Waals surface area contributed by atoms with Crippen molar-refractivity contribution in [2.45, 2.75) is 78.7 Å². The number of nitrogens with zero attached hydrogens (tertiary/aromatic N) is 1. The Bertz CT molecular complexity index is 1270. The third kappa shape index (κ3) is 5.00. The molecule has 1 heterocycles. The van der Waals surface area contributed by atoms with Crippen LogP contribution in [0.4, 0.5) is 0 Å². The molecule has 2 aromatic rings. The van der Waals surface area contributed by atoms with E-state index in [4.69, 9.17) is 0 Å². The van der Waals surface area contributed by atoms with Crippen LogP contribution in [0.3, 0.4) is 0 Å². The van der Waals surface area contributed by atoms with Gasteiger partial charge in [0.05, 0.1) is 5.70 Å². The van der Waals surface area contributed by atoms with Gasteiger partial charge in [0.1, 0.15) is 0 Å². The highest BCUT2D eigenvalue weighted by Gasteiger charge is 2.24. The molecule has 0 spiro atoms. The number of hydrogen-bond donors (Lipinski definition) is 0. The van der Waals surface area contributed by atoms with Crippen LogP contribution in [0.2, 0.25) is 0 Å². The molecule has 0 aromatic heterocycles. The van der Waals surface area contributed by atoms with Gasteiger partial charge in [0.25, 0.3) is 0 Å². The first kappa shape index (κ1) is 25.4. The fraction of sp³-hybridized carbons (Fsp3) is 0.364. The first-order valence-electron chi connectivity index (χ1n) is 13.0. The Hall–Kier alpha value is -2.71. The number of allylic oxidation sites excluding steroid dienone is 5. The highest BCUT2D eigenvalue weighted by atomic mass is 28.1. The fourth-order valence-corrected chi connectivity index (χ4v) is 5.72. The van der Waals surface area contributed by atoms with Gasteiger partial charge in [-0.05, 0) is 82.7 Å². The van der Waals surface area contributed by atoms with Crippen LogP contribution in [0.25, 0.3) is 17.2 Å². The molecule has 2 heteroatoms. The van der Waals surface area contributed by atoms with Gasteiger partial charge >= 0.3 is 0 Å². The summed E-state index contributed by atoms with van der Waals surface area (Å²) in [5, 5.41) is 0. The standard InChI is InChI=1S/C22H25Si.C11H13N/c1-5-7-16-14-20-18(8-6-9-19(20)21(16)23)15-10-12-17(13-11-15)22(2,3)4;1-4-9-8(3)11-7(2)5-6-10(11)12-9/h6,8-14,21H,5,7H2,1-4H3;5-6H,4H2,1-3H3. The van der Waals surface area contributed by atoms with E-state index < -0.39 is 0 Å². The van der Waals surface area contributed by atoms with E-state index in [-0.39, 0.29) is 5.41 Å². The average molecular weight is 477 g/mol. The molecule has 1 atom stereocenters. The summed E-state index contributed by atoms with van der Waals surface area (Å²) in [5.74, 6) is 0. The number of fused-ring (bicyclic) bond motifs is 2. The van der Waals surface area contributed by atoms with Crippen LogP contribution in [-0.2, 0) is 5.41 Å². The molecule has 2 aliphatic carbocycles. The number of benzene rings is 2. The molecule has 1 aliphatic heterocycles. The summed E-state index contributed by atoms with van der Waals surface area (Å²) in [6.07, 6.45) is 10.0. The first-order chi connectivity index (χ1) is 16.7. The van der Waals surface area contributed by atoms with Gasteiger partial charge in [-0.25, -0.2) is 0 Å². The third-order valence-corrected chi connectivity index (χ3v) is 7.97. The van der Waals surface area contributed by atoms with E-state index in [0.717, 1.165) is 12.8 Å². The zero-order valence-electron chi connectivity index (χ0n) is 22.4. The van der Waals surface area contributed by atoms with Gasteiger partial charge in [-0.15, -0.1) is 0 Å². The minimum Gasteiger partial charge on any atom is -0.253 e. The van der Waals surface area contributed by atoms with Gasteiger partial charge in [-0.3, -0.25) is 4.99 Å². The number of rotatable bonds is 4. The molecule has 3 aliphatic rings. The van der Waals surface area contributed by atoms with Crippen LogP contribution in [0, 0.1) is 0 Å². The summed E-state index contributed by atoms with van der Waals surface area (Å²) in [4.78, 5) is 4.55. The molecule has 179 valence electrons. The van der Waals surface area contributed by atoms with Crippen molar-refractivity contribution in [3.63, 3.8) is 0 Å². The molecule has 0 amide bonds. The minimum absolute atomic E-state index is 0.200. The highest BCUT2D eigenvalue weighted by Crippen LogP contribution is 2.41. The van der Waals surface area contributed by atoms with Crippen molar-refractivity contribution in [1.29, 1.82) is 0 Å². The van der Waals surface area contributed by atoms with Gasteiger partial charge in [0.15, 0.2) is 0 Å². The topological polar surface area (TPSA) is 12.4 Å². The Morgan fingerprint density at radius 3 is 2.26 bits per heavy atom. The maximum atomic E-state index is 4.55. The molecule has 0 saturated carbocycles. The molecular weight excluding hydrogens is 438 g/mol. The van der Waals surface area contributed by atoms with Gasteiger partial charge in [-0.1, -0.05) is 101 Å². The third-order valence-electron chi connectivity index (χ3n) is 7.29. The molecule has 1 nitrogen and oxygen atoms in total. The van der Waals surface area contributed by atoms with Crippen LogP contribution < -0.4 is 0 Å². The predicted molar refractivity (Wildman–Crippen MR) is 154 cm³/mol.